The van der Waals surface area contributed by atoms with E-state index in [1.54, 1.807) is 11.1 Å². The fourth-order valence-electron chi connectivity index (χ4n) is 4.72. The molecule has 0 spiro atoms. The molecule has 1 atom stereocenters. The predicted molar refractivity (Wildman–Crippen MR) is 107 cm³/mol. The van der Waals surface area contributed by atoms with Gasteiger partial charge in [-0.3, -0.25) is 4.79 Å². The van der Waals surface area contributed by atoms with Crippen LogP contribution in [-0.2, 0) is 37.0 Å². The Bertz CT molecular complexity index is 979. The Labute approximate surface area is 174 Å². The molecule has 1 aromatic carbocycles. The van der Waals surface area contributed by atoms with E-state index in [1.807, 2.05) is 13.8 Å². The van der Waals surface area contributed by atoms with Gasteiger partial charge in [0.05, 0.1) is 0 Å². The molecular formula is C22H24ClF2N3O. The number of hydrogen-bond donors (Lipinski definition) is 0. The number of carbonyl (C=O) groups excluding carboxylic acids is 1. The lowest BCUT2D eigenvalue weighted by Crippen LogP contribution is -2.44. The van der Waals surface area contributed by atoms with Gasteiger partial charge >= 0.3 is 0 Å². The maximum atomic E-state index is 14.9. The number of rotatable bonds is 4. The Hall–Kier alpha value is -2.08. The van der Waals surface area contributed by atoms with Crippen LogP contribution < -0.4 is 0 Å². The van der Waals surface area contributed by atoms with Crippen LogP contribution in [0.15, 0.2) is 6.20 Å². The van der Waals surface area contributed by atoms with Crippen molar-refractivity contribution in [2.45, 2.75) is 65.0 Å². The minimum absolute atomic E-state index is 0.0279. The minimum Gasteiger partial charge on any atom is -0.334 e. The van der Waals surface area contributed by atoms with E-state index >= 15 is 0 Å². The second-order valence-corrected chi connectivity index (χ2v) is 8.25. The van der Waals surface area contributed by atoms with E-state index in [9.17, 15) is 13.6 Å². The van der Waals surface area contributed by atoms with E-state index in [0.29, 0.717) is 24.8 Å². The molecule has 154 valence electrons. The smallest absolute Gasteiger partial charge is 0.238 e. The molecule has 0 saturated carbocycles. The highest BCUT2D eigenvalue weighted by Crippen LogP contribution is 2.34. The number of amides is 1. The topological polar surface area (TPSA) is 46.1 Å². The van der Waals surface area contributed by atoms with Crippen molar-refractivity contribution in [1.82, 2.24) is 14.9 Å². The molecule has 1 heterocycles. The first-order valence-corrected chi connectivity index (χ1v) is 10.6. The summed E-state index contributed by atoms with van der Waals surface area (Å²) in [4.78, 5) is 23.0. The Morgan fingerprint density at radius 2 is 1.97 bits per heavy atom. The zero-order valence-electron chi connectivity index (χ0n) is 16.7. The van der Waals surface area contributed by atoms with Gasteiger partial charge < -0.3 is 4.90 Å². The SMILES string of the molecule is Cc1ncc2c(n1)CCC(N(Cc1c(C)c3c(c(F)c1F)CCC3)C(=O)CCl)C2. The average Bonchev–Trinajstić information content (AvgIpc) is 3.22. The third-order valence-corrected chi connectivity index (χ3v) is 6.52. The lowest BCUT2D eigenvalue weighted by Gasteiger charge is -2.35. The molecule has 0 N–H and O–H groups in total. The molecule has 29 heavy (non-hydrogen) atoms. The summed E-state index contributed by atoms with van der Waals surface area (Å²) >= 11 is 5.87. The largest absolute Gasteiger partial charge is 0.334 e. The number of aromatic nitrogens is 2. The van der Waals surface area contributed by atoms with Gasteiger partial charge in [-0.25, -0.2) is 18.7 Å². The first kappa shape index (κ1) is 20.2. The molecule has 4 nitrogen and oxygen atoms in total. The van der Waals surface area contributed by atoms with Crippen LogP contribution in [0.2, 0.25) is 0 Å². The van der Waals surface area contributed by atoms with Crippen molar-refractivity contribution in [3.8, 4) is 0 Å². The molecule has 2 aliphatic carbocycles. The number of hydrogen-bond acceptors (Lipinski definition) is 3. The number of carbonyl (C=O) groups is 1. The van der Waals surface area contributed by atoms with Crippen LogP contribution >= 0.6 is 11.6 Å². The summed E-state index contributed by atoms with van der Waals surface area (Å²) in [6.07, 6.45) is 5.97. The van der Waals surface area contributed by atoms with Gasteiger partial charge in [0.1, 0.15) is 11.7 Å². The number of alkyl halides is 1. The van der Waals surface area contributed by atoms with Crippen LogP contribution in [0.3, 0.4) is 0 Å². The monoisotopic (exact) mass is 419 g/mol. The van der Waals surface area contributed by atoms with Gasteiger partial charge in [0.25, 0.3) is 0 Å². The lowest BCUT2D eigenvalue weighted by molar-refractivity contribution is -0.131. The Morgan fingerprint density at radius 1 is 1.21 bits per heavy atom. The van der Waals surface area contributed by atoms with Crippen LogP contribution in [-0.4, -0.2) is 32.7 Å². The maximum Gasteiger partial charge on any atom is 0.238 e. The lowest BCUT2D eigenvalue weighted by atomic mass is 9.90. The normalized spacial score (nSPS) is 17.8. The molecule has 0 fully saturated rings. The summed E-state index contributed by atoms with van der Waals surface area (Å²) in [5.41, 5.74) is 4.43. The van der Waals surface area contributed by atoms with E-state index in [4.69, 9.17) is 11.6 Å². The third-order valence-electron chi connectivity index (χ3n) is 6.29. The second-order valence-electron chi connectivity index (χ2n) is 7.98. The zero-order valence-corrected chi connectivity index (χ0v) is 17.5. The van der Waals surface area contributed by atoms with E-state index in [2.05, 4.69) is 9.97 Å². The van der Waals surface area contributed by atoms with Gasteiger partial charge in [-0.15, -0.1) is 11.6 Å². The number of aryl methyl sites for hydroxylation is 2. The molecule has 1 amide bonds. The second kappa shape index (κ2) is 7.98. The van der Waals surface area contributed by atoms with Crippen molar-refractivity contribution < 1.29 is 13.6 Å². The number of fused-ring (bicyclic) bond motifs is 2. The van der Waals surface area contributed by atoms with Crippen LogP contribution in [0.5, 0.6) is 0 Å². The maximum absolute atomic E-state index is 14.9. The number of nitrogens with zero attached hydrogens (tertiary/aromatic N) is 3. The summed E-state index contributed by atoms with van der Waals surface area (Å²) in [5.74, 6) is -1.32. The summed E-state index contributed by atoms with van der Waals surface area (Å²) in [5, 5.41) is 0. The molecule has 0 bridgehead atoms. The quantitative estimate of drug-likeness (QED) is 0.704. The highest BCUT2D eigenvalue weighted by atomic mass is 35.5. The molecule has 2 aromatic rings. The molecule has 0 saturated heterocycles. The van der Waals surface area contributed by atoms with Gasteiger partial charge in [-0.1, -0.05) is 0 Å². The Morgan fingerprint density at radius 3 is 2.72 bits per heavy atom. The minimum atomic E-state index is -0.828. The Kier molecular flexibility index (Phi) is 5.56. The molecule has 1 unspecified atom stereocenters. The average molecular weight is 420 g/mol. The molecular weight excluding hydrogens is 396 g/mol. The molecule has 0 radical (unpaired) electrons. The number of halogens is 3. The van der Waals surface area contributed by atoms with Crippen LogP contribution in [0.25, 0.3) is 0 Å². The van der Waals surface area contributed by atoms with E-state index in [0.717, 1.165) is 47.5 Å². The van der Waals surface area contributed by atoms with Gasteiger partial charge in [0, 0.05) is 30.0 Å². The van der Waals surface area contributed by atoms with Gasteiger partial charge in [-0.2, -0.15) is 0 Å². The van der Waals surface area contributed by atoms with Crippen molar-refractivity contribution in [2.24, 2.45) is 0 Å². The van der Waals surface area contributed by atoms with Gasteiger partial charge in [-0.05, 0) is 74.6 Å². The van der Waals surface area contributed by atoms with E-state index in [-0.39, 0.29) is 29.9 Å². The molecule has 7 heteroatoms. The number of benzene rings is 1. The standard InChI is InChI=1S/C22H24ClF2N3O/c1-12-16-4-3-5-17(16)21(24)22(25)18(12)11-28(20(29)9-23)15-6-7-19-14(8-15)10-26-13(2)27-19/h10,15H,3-9,11H2,1-2H3. The molecule has 2 aliphatic rings. The van der Waals surface area contributed by atoms with E-state index < -0.39 is 11.6 Å². The Balaban J connectivity index is 1.67. The summed E-state index contributed by atoms with van der Waals surface area (Å²) in [6.45, 7) is 3.71. The third kappa shape index (κ3) is 3.63. The van der Waals surface area contributed by atoms with Crippen LogP contribution in [0, 0.1) is 25.5 Å². The van der Waals surface area contributed by atoms with Crippen molar-refractivity contribution in [3.05, 3.63) is 57.2 Å². The van der Waals surface area contributed by atoms with Gasteiger partial charge in [0.15, 0.2) is 11.6 Å². The van der Waals surface area contributed by atoms with Gasteiger partial charge in [0.2, 0.25) is 5.91 Å². The van der Waals surface area contributed by atoms with Crippen LogP contribution in [0.1, 0.15) is 52.2 Å². The summed E-state index contributed by atoms with van der Waals surface area (Å²) < 4.78 is 29.6. The molecule has 0 aliphatic heterocycles. The molecule has 1 aromatic heterocycles. The van der Waals surface area contributed by atoms with Crippen molar-refractivity contribution >= 4 is 17.5 Å². The van der Waals surface area contributed by atoms with Crippen LogP contribution in [0.4, 0.5) is 8.78 Å². The zero-order chi connectivity index (χ0) is 20.7. The predicted octanol–water partition coefficient (Wildman–Crippen LogP) is 3.99. The molecule has 4 rings (SSSR count). The highest BCUT2D eigenvalue weighted by molar-refractivity contribution is 6.27. The van der Waals surface area contributed by atoms with Crippen molar-refractivity contribution in [3.63, 3.8) is 0 Å². The fourth-order valence-corrected chi connectivity index (χ4v) is 4.88. The first-order valence-electron chi connectivity index (χ1n) is 10.1. The summed E-state index contributed by atoms with van der Waals surface area (Å²) in [7, 11) is 0. The van der Waals surface area contributed by atoms with E-state index in [1.165, 1.54) is 0 Å². The van der Waals surface area contributed by atoms with Crippen molar-refractivity contribution in [2.75, 3.05) is 5.88 Å². The van der Waals surface area contributed by atoms with Crippen molar-refractivity contribution in [1.29, 1.82) is 0 Å². The summed E-state index contributed by atoms with van der Waals surface area (Å²) in [6, 6.07) is -0.143. The first-order chi connectivity index (χ1) is 13.9. The highest BCUT2D eigenvalue weighted by Gasteiger charge is 2.32. The fraction of sp³-hybridized carbons (Fsp3) is 0.500.